The SMILES string of the molecule is COCCOc1ccc(CN2C3CCCC2CC3)c(C)c1C.N. The van der Waals surface area contributed by atoms with Gasteiger partial charge in [0.2, 0.25) is 0 Å². The third-order valence-corrected chi connectivity index (χ3v) is 5.59. The summed E-state index contributed by atoms with van der Waals surface area (Å²) >= 11 is 0. The maximum absolute atomic E-state index is 5.82. The second kappa shape index (κ2) is 8.13. The Balaban J connectivity index is 0.00000192. The van der Waals surface area contributed by atoms with Crippen molar-refractivity contribution in [2.24, 2.45) is 0 Å². The van der Waals surface area contributed by atoms with Gasteiger partial charge in [-0.15, -0.1) is 0 Å². The van der Waals surface area contributed by atoms with Crippen molar-refractivity contribution in [2.75, 3.05) is 20.3 Å². The second-order valence-corrected chi connectivity index (χ2v) is 6.80. The zero-order chi connectivity index (χ0) is 15.5. The topological polar surface area (TPSA) is 56.7 Å². The molecule has 0 aromatic heterocycles. The van der Waals surface area contributed by atoms with Crippen LogP contribution in [-0.4, -0.2) is 37.3 Å². The van der Waals surface area contributed by atoms with Gasteiger partial charge in [0, 0.05) is 25.7 Å². The molecule has 3 rings (SSSR count). The van der Waals surface area contributed by atoms with Crippen LogP contribution in [-0.2, 0) is 11.3 Å². The second-order valence-electron chi connectivity index (χ2n) is 6.80. The first-order valence-corrected chi connectivity index (χ1v) is 8.67. The minimum atomic E-state index is 0. The highest BCUT2D eigenvalue weighted by Gasteiger charge is 2.36. The first-order valence-electron chi connectivity index (χ1n) is 8.67. The van der Waals surface area contributed by atoms with Crippen LogP contribution in [0.5, 0.6) is 5.75 Å². The van der Waals surface area contributed by atoms with Gasteiger partial charge in [-0.2, -0.15) is 0 Å². The van der Waals surface area contributed by atoms with Gasteiger partial charge in [0.25, 0.3) is 0 Å². The van der Waals surface area contributed by atoms with Crippen molar-refractivity contribution in [3.8, 4) is 5.75 Å². The molecular formula is C19H32N2O2. The summed E-state index contributed by atoms with van der Waals surface area (Å²) in [4.78, 5) is 2.76. The third-order valence-electron chi connectivity index (χ3n) is 5.59. The Morgan fingerprint density at radius 3 is 2.35 bits per heavy atom. The molecule has 2 aliphatic heterocycles. The van der Waals surface area contributed by atoms with E-state index in [9.17, 15) is 0 Å². The van der Waals surface area contributed by atoms with Crippen molar-refractivity contribution in [3.05, 3.63) is 28.8 Å². The molecule has 0 spiro atoms. The Morgan fingerprint density at radius 2 is 1.70 bits per heavy atom. The number of nitrogens with zero attached hydrogens (tertiary/aromatic N) is 1. The van der Waals surface area contributed by atoms with Crippen LogP contribution < -0.4 is 10.9 Å². The van der Waals surface area contributed by atoms with Crippen molar-refractivity contribution in [1.29, 1.82) is 0 Å². The van der Waals surface area contributed by atoms with E-state index in [-0.39, 0.29) is 6.15 Å². The molecule has 0 amide bonds. The average molecular weight is 320 g/mol. The van der Waals surface area contributed by atoms with E-state index in [1.54, 1.807) is 7.11 Å². The van der Waals surface area contributed by atoms with Crippen LogP contribution in [0.3, 0.4) is 0 Å². The maximum Gasteiger partial charge on any atom is 0.122 e. The average Bonchev–Trinajstić information content (AvgIpc) is 2.74. The molecular weight excluding hydrogens is 288 g/mol. The van der Waals surface area contributed by atoms with Gasteiger partial charge in [-0.05, 0) is 62.3 Å². The first-order chi connectivity index (χ1) is 10.7. The smallest absolute Gasteiger partial charge is 0.122 e. The van der Waals surface area contributed by atoms with Gasteiger partial charge in [-0.1, -0.05) is 12.5 Å². The molecule has 0 radical (unpaired) electrons. The van der Waals surface area contributed by atoms with Crippen LogP contribution >= 0.6 is 0 Å². The van der Waals surface area contributed by atoms with Gasteiger partial charge in [0.1, 0.15) is 12.4 Å². The number of rotatable bonds is 6. The molecule has 4 heteroatoms. The first kappa shape index (κ1) is 18.2. The summed E-state index contributed by atoms with van der Waals surface area (Å²) in [5, 5.41) is 0. The van der Waals surface area contributed by atoms with E-state index >= 15 is 0 Å². The lowest BCUT2D eigenvalue weighted by Crippen LogP contribution is -2.39. The number of ether oxygens (including phenoxy) is 2. The number of hydrogen-bond donors (Lipinski definition) is 1. The molecule has 2 saturated heterocycles. The van der Waals surface area contributed by atoms with Crippen molar-refractivity contribution >= 4 is 0 Å². The van der Waals surface area contributed by atoms with Gasteiger partial charge in [-0.3, -0.25) is 4.90 Å². The molecule has 130 valence electrons. The molecule has 2 fully saturated rings. The Bertz CT molecular complexity index is 502. The van der Waals surface area contributed by atoms with Crippen molar-refractivity contribution in [3.63, 3.8) is 0 Å². The summed E-state index contributed by atoms with van der Waals surface area (Å²) in [6, 6.07) is 6.06. The van der Waals surface area contributed by atoms with Crippen LogP contribution in [0.4, 0.5) is 0 Å². The molecule has 3 N–H and O–H groups in total. The quantitative estimate of drug-likeness (QED) is 0.805. The molecule has 2 atom stereocenters. The van der Waals surface area contributed by atoms with Crippen molar-refractivity contribution in [2.45, 2.75) is 64.6 Å². The van der Waals surface area contributed by atoms with E-state index in [1.165, 1.54) is 48.8 Å². The number of methoxy groups -OCH3 is 1. The predicted octanol–water partition coefficient (Wildman–Crippen LogP) is 4.01. The van der Waals surface area contributed by atoms with Gasteiger partial charge < -0.3 is 15.6 Å². The van der Waals surface area contributed by atoms with Crippen LogP contribution in [0.25, 0.3) is 0 Å². The summed E-state index contributed by atoms with van der Waals surface area (Å²) in [5.74, 6) is 1.000. The molecule has 1 aromatic rings. The Kier molecular flexibility index (Phi) is 6.45. The van der Waals surface area contributed by atoms with Crippen LogP contribution in [0.1, 0.15) is 48.8 Å². The molecule has 2 aliphatic rings. The fourth-order valence-electron chi connectivity index (χ4n) is 4.09. The zero-order valence-electron chi connectivity index (χ0n) is 14.9. The zero-order valence-corrected chi connectivity index (χ0v) is 14.9. The van der Waals surface area contributed by atoms with E-state index in [4.69, 9.17) is 9.47 Å². The van der Waals surface area contributed by atoms with E-state index in [2.05, 4.69) is 30.9 Å². The largest absolute Gasteiger partial charge is 0.491 e. The van der Waals surface area contributed by atoms with Crippen LogP contribution in [0, 0.1) is 13.8 Å². The minimum absolute atomic E-state index is 0. The number of piperidine rings is 1. The molecule has 1 aromatic carbocycles. The molecule has 0 aliphatic carbocycles. The van der Waals surface area contributed by atoms with Gasteiger partial charge in [-0.25, -0.2) is 0 Å². The Morgan fingerprint density at radius 1 is 1.00 bits per heavy atom. The Labute approximate surface area is 140 Å². The summed E-state index contributed by atoms with van der Waals surface area (Å²) in [6.45, 7) is 6.77. The van der Waals surface area contributed by atoms with Crippen molar-refractivity contribution in [1.82, 2.24) is 11.1 Å². The fraction of sp³-hybridized carbons (Fsp3) is 0.684. The molecule has 2 heterocycles. The lowest BCUT2D eigenvalue weighted by Gasteiger charge is -2.35. The lowest BCUT2D eigenvalue weighted by molar-refractivity contribution is 0.131. The fourth-order valence-corrected chi connectivity index (χ4v) is 4.09. The maximum atomic E-state index is 5.82. The highest BCUT2D eigenvalue weighted by molar-refractivity contribution is 5.43. The number of benzene rings is 1. The standard InChI is InChI=1S/C19H29NO2.H3N/c1-14-15(2)19(22-12-11-21-3)10-7-16(14)13-20-17-5-4-6-18(20)9-8-17;/h7,10,17-18H,4-6,8-9,11-13H2,1-3H3;1H3. The van der Waals surface area contributed by atoms with Crippen molar-refractivity contribution < 1.29 is 9.47 Å². The summed E-state index contributed by atoms with van der Waals surface area (Å²) < 4.78 is 10.9. The summed E-state index contributed by atoms with van der Waals surface area (Å²) in [6.07, 6.45) is 7.03. The monoisotopic (exact) mass is 320 g/mol. The third kappa shape index (κ3) is 3.87. The van der Waals surface area contributed by atoms with E-state index < -0.39 is 0 Å². The summed E-state index contributed by atoms with van der Waals surface area (Å²) in [5.41, 5.74) is 4.13. The molecule has 0 saturated carbocycles. The highest BCUT2D eigenvalue weighted by atomic mass is 16.5. The number of hydrogen-bond acceptors (Lipinski definition) is 4. The lowest BCUT2D eigenvalue weighted by atomic mass is 9.98. The normalized spacial score (nSPS) is 23.6. The van der Waals surface area contributed by atoms with E-state index in [0.29, 0.717) is 13.2 Å². The highest BCUT2D eigenvalue weighted by Crippen LogP contribution is 2.37. The van der Waals surface area contributed by atoms with E-state index in [1.807, 2.05) is 0 Å². The minimum Gasteiger partial charge on any atom is -0.491 e. The Hall–Kier alpha value is -1.10. The molecule has 2 bridgehead atoms. The van der Waals surface area contributed by atoms with Gasteiger partial charge >= 0.3 is 0 Å². The van der Waals surface area contributed by atoms with Crippen LogP contribution in [0.2, 0.25) is 0 Å². The molecule has 23 heavy (non-hydrogen) atoms. The van der Waals surface area contributed by atoms with Gasteiger partial charge in [0.15, 0.2) is 0 Å². The van der Waals surface area contributed by atoms with E-state index in [0.717, 1.165) is 24.4 Å². The summed E-state index contributed by atoms with van der Waals surface area (Å²) in [7, 11) is 1.71. The van der Waals surface area contributed by atoms with Crippen LogP contribution in [0.15, 0.2) is 12.1 Å². The van der Waals surface area contributed by atoms with Gasteiger partial charge in [0.05, 0.1) is 6.61 Å². The number of fused-ring (bicyclic) bond motifs is 2. The molecule has 2 unspecified atom stereocenters. The molecule has 4 nitrogen and oxygen atoms in total. The predicted molar refractivity (Wildman–Crippen MR) is 94.5 cm³/mol.